The second kappa shape index (κ2) is 7.40. The quantitative estimate of drug-likeness (QED) is 0.888. The first kappa shape index (κ1) is 15.9. The van der Waals surface area contributed by atoms with E-state index in [0.717, 1.165) is 31.5 Å². The molecule has 1 aliphatic heterocycles. The van der Waals surface area contributed by atoms with E-state index in [9.17, 15) is 13.6 Å². The van der Waals surface area contributed by atoms with Crippen LogP contribution in [0.25, 0.3) is 0 Å². The Morgan fingerprint density at radius 3 is 2.84 bits per heavy atom. The molecule has 1 atom stereocenters. The standard InChI is InChI=1S/C13H16F2N2O.ClH/c14-10-4-3-9(12(15)7-10)6-13(18)17-8-11-2-1-5-16-11;/h3-4,7,11,16H,1-2,5-6,8H2,(H,17,18);1H. The Morgan fingerprint density at radius 1 is 1.42 bits per heavy atom. The minimum absolute atomic E-state index is 0. The van der Waals surface area contributed by atoms with E-state index in [0.29, 0.717) is 12.6 Å². The molecule has 2 N–H and O–H groups in total. The molecular formula is C13H17ClF2N2O. The summed E-state index contributed by atoms with van der Waals surface area (Å²) in [7, 11) is 0. The zero-order valence-corrected chi connectivity index (χ0v) is 11.2. The summed E-state index contributed by atoms with van der Waals surface area (Å²) in [6, 6.07) is 3.57. The van der Waals surface area contributed by atoms with E-state index in [2.05, 4.69) is 10.6 Å². The highest BCUT2D eigenvalue weighted by Gasteiger charge is 2.15. The van der Waals surface area contributed by atoms with Crippen molar-refractivity contribution in [2.24, 2.45) is 0 Å². The van der Waals surface area contributed by atoms with Gasteiger partial charge >= 0.3 is 0 Å². The number of halogens is 3. The van der Waals surface area contributed by atoms with Gasteiger partial charge in [0, 0.05) is 18.7 Å². The van der Waals surface area contributed by atoms with Crippen LogP contribution in [0, 0.1) is 11.6 Å². The van der Waals surface area contributed by atoms with E-state index in [1.807, 2.05) is 0 Å². The summed E-state index contributed by atoms with van der Waals surface area (Å²) >= 11 is 0. The molecule has 1 aliphatic rings. The molecule has 1 unspecified atom stereocenters. The van der Waals surface area contributed by atoms with Gasteiger partial charge in [-0.25, -0.2) is 8.78 Å². The molecule has 2 rings (SSSR count). The molecule has 1 amide bonds. The van der Waals surface area contributed by atoms with Crippen molar-refractivity contribution in [2.75, 3.05) is 13.1 Å². The van der Waals surface area contributed by atoms with Crippen LogP contribution in [-0.2, 0) is 11.2 Å². The van der Waals surface area contributed by atoms with Gasteiger partial charge in [-0.05, 0) is 31.0 Å². The SMILES string of the molecule is Cl.O=C(Cc1ccc(F)cc1F)NCC1CCCN1. The Bertz CT molecular complexity index is 437. The summed E-state index contributed by atoms with van der Waals surface area (Å²) in [5.41, 5.74) is 0.216. The van der Waals surface area contributed by atoms with E-state index < -0.39 is 11.6 Å². The summed E-state index contributed by atoms with van der Waals surface area (Å²) in [4.78, 5) is 11.6. The van der Waals surface area contributed by atoms with Crippen LogP contribution in [0.2, 0.25) is 0 Å². The average molecular weight is 291 g/mol. The second-order valence-corrected chi connectivity index (χ2v) is 4.51. The van der Waals surface area contributed by atoms with Gasteiger partial charge in [-0.15, -0.1) is 12.4 Å². The molecule has 1 saturated heterocycles. The third kappa shape index (κ3) is 4.76. The smallest absolute Gasteiger partial charge is 0.224 e. The molecule has 19 heavy (non-hydrogen) atoms. The maximum atomic E-state index is 13.3. The first-order valence-corrected chi connectivity index (χ1v) is 6.09. The van der Waals surface area contributed by atoms with Crippen LogP contribution in [0.1, 0.15) is 18.4 Å². The molecule has 0 radical (unpaired) electrons. The molecule has 0 saturated carbocycles. The van der Waals surface area contributed by atoms with Gasteiger partial charge in [0.05, 0.1) is 6.42 Å². The fraction of sp³-hybridized carbons (Fsp3) is 0.462. The van der Waals surface area contributed by atoms with Crippen molar-refractivity contribution < 1.29 is 13.6 Å². The van der Waals surface area contributed by atoms with Crippen LogP contribution in [0.15, 0.2) is 18.2 Å². The van der Waals surface area contributed by atoms with E-state index in [1.54, 1.807) is 0 Å². The van der Waals surface area contributed by atoms with Crippen LogP contribution in [0.3, 0.4) is 0 Å². The lowest BCUT2D eigenvalue weighted by Gasteiger charge is -2.11. The summed E-state index contributed by atoms with van der Waals surface area (Å²) in [5, 5.41) is 6.01. The highest BCUT2D eigenvalue weighted by atomic mass is 35.5. The summed E-state index contributed by atoms with van der Waals surface area (Å²) in [5.74, 6) is -1.55. The van der Waals surface area contributed by atoms with Gasteiger partial charge < -0.3 is 10.6 Å². The average Bonchev–Trinajstić information content (AvgIpc) is 2.83. The maximum absolute atomic E-state index is 13.3. The molecule has 1 aromatic carbocycles. The fourth-order valence-electron chi connectivity index (χ4n) is 2.07. The van der Waals surface area contributed by atoms with Crippen molar-refractivity contribution in [1.82, 2.24) is 10.6 Å². The summed E-state index contributed by atoms with van der Waals surface area (Å²) < 4.78 is 26.0. The van der Waals surface area contributed by atoms with Crippen molar-refractivity contribution in [3.05, 3.63) is 35.4 Å². The predicted molar refractivity (Wildman–Crippen MR) is 71.3 cm³/mol. The molecule has 0 aromatic heterocycles. The van der Waals surface area contributed by atoms with Gasteiger partial charge in [-0.2, -0.15) is 0 Å². The highest BCUT2D eigenvalue weighted by molar-refractivity contribution is 5.85. The minimum atomic E-state index is -0.677. The third-order valence-electron chi connectivity index (χ3n) is 3.07. The second-order valence-electron chi connectivity index (χ2n) is 4.51. The number of hydrogen-bond donors (Lipinski definition) is 2. The van der Waals surface area contributed by atoms with Crippen molar-refractivity contribution in [3.63, 3.8) is 0 Å². The zero-order valence-electron chi connectivity index (χ0n) is 10.4. The van der Waals surface area contributed by atoms with Crippen LogP contribution < -0.4 is 10.6 Å². The molecule has 106 valence electrons. The van der Waals surface area contributed by atoms with Crippen molar-refractivity contribution in [3.8, 4) is 0 Å². The van der Waals surface area contributed by atoms with Crippen molar-refractivity contribution >= 4 is 18.3 Å². The molecule has 1 fully saturated rings. The molecule has 6 heteroatoms. The molecule has 0 aliphatic carbocycles. The highest BCUT2D eigenvalue weighted by Crippen LogP contribution is 2.10. The van der Waals surface area contributed by atoms with Crippen LogP contribution in [-0.4, -0.2) is 25.0 Å². The van der Waals surface area contributed by atoms with Crippen molar-refractivity contribution in [1.29, 1.82) is 0 Å². The Kier molecular flexibility index (Phi) is 6.18. The Morgan fingerprint density at radius 2 is 2.21 bits per heavy atom. The summed E-state index contributed by atoms with van der Waals surface area (Å²) in [6.45, 7) is 1.54. The fourth-order valence-corrected chi connectivity index (χ4v) is 2.07. The van der Waals surface area contributed by atoms with Crippen LogP contribution >= 0.6 is 12.4 Å². The number of hydrogen-bond acceptors (Lipinski definition) is 2. The van der Waals surface area contributed by atoms with E-state index in [1.165, 1.54) is 6.07 Å². The number of nitrogens with one attached hydrogen (secondary N) is 2. The molecular weight excluding hydrogens is 274 g/mol. The Labute approximate surface area is 117 Å². The van der Waals surface area contributed by atoms with Gasteiger partial charge in [0.1, 0.15) is 11.6 Å². The lowest BCUT2D eigenvalue weighted by atomic mass is 10.1. The Balaban J connectivity index is 0.00000180. The van der Waals surface area contributed by atoms with Gasteiger partial charge in [0.25, 0.3) is 0 Å². The number of amides is 1. The zero-order chi connectivity index (χ0) is 13.0. The van der Waals surface area contributed by atoms with E-state index in [-0.39, 0.29) is 30.3 Å². The number of rotatable bonds is 4. The normalized spacial score (nSPS) is 17.9. The molecule has 1 aromatic rings. The monoisotopic (exact) mass is 290 g/mol. The lowest BCUT2D eigenvalue weighted by molar-refractivity contribution is -0.120. The summed E-state index contributed by atoms with van der Waals surface area (Å²) in [6.07, 6.45) is 2.11. The van der Waals surface area contributed by atoms with Gasteiger partial charge in [-0.1, -0.05) is 6.07 Å². The molecule has 0 spiro atoms. The maximum Gasteiger partial charge on any atom is 0.224 e. The largest absolute Gasteiger partial charge is 0.354 e. The lowest BCUT2D eigenvalue weighted by Crippen LogP contribution is -2.37. The van der Waals surface area contributed by atoms with Crippen LogP contribution in [0.4, 0.5) is 8.78 Å². The first-order valence-electron chi connectivity index (χ1n) is 6.09. The molecule has 3 nitrogen and oxygen atoms in total. The van der Waals surface area contributed by atoms with E-state index >= 15 is 0 Å². The van der Waals surface area contributed by atoms with Gasteiger partial charge in [0.15, 0.2) is 0 Å². The topological polar surface area (TPSA) is 41.1 Å². The van der Waals surface area contributed by atoms with Gasteiger partial charge in [-0.3, -0.25) is 4.79 Å². The number of carbonyl (C=O) groups is 1. The molecule has 1 heterocycles. The van der Waals surface area contributed by atoms with Crippen LogP contribution in [0.5, 0.6) is 0 Å². The molecule has 0 bridgehead atoms. The Hall–Kier alpha value is -1.20. The predicted octanol–water partition coefficient (Wildman–Crippen LogP) is 1.80. The van der Waals surface area contributed by atoms with Gasteiger partial charge in [0.2, 0.25) is 5.91 Å². The number of benzene rings is 1. The third-order valence-corrected chi connectivity index (χ3v) is 3.07. The van der Waals surface area contributed by atoms with Crippen molar-refractivity contribution in [2.45, 2.75) is 25.3 Å². The number of carbonyl (C=O) groups excluding carboxylic acids is 1. The first-order chi connectivity index (χ1) is 8.65. The van der Waals surface area contributed by atoms with E-state index in [4.69, 9.17) is 0 Å². The minimum Gasteiger partial charge on any atom is -0.354 e.